The van der Waals surface area contributed by atoms with Crippen molar-refractivity contribution in [3.63, 3.8) is 0 Å². The Bertz CT molecular complexity index is 2920. The van der Waals surface area contributed by atoms with Crippen molar-refractivity contribution in [1.29, 1.82) is 0 Å². The van der Waals surface area contributed by atoms with E-state index in [1.165, 1.54) is 27.1 Å². The zero-order chi connectivity index (χ0) is 38.1. The third-order valence-electron chi connectivity index (χ3n) is 10.6. The van der Waals surface area contributed by atoms with Gasteiger partial charge >= 0.3 is 0 Å². The fourth-order valence-corrected chi connectivity index (χ4v) is 7.68. The lowest BCUT2D eigenvalue weighted by atomic mass is 9.89. The Morgan fingerprint density at radius 1 is 0.298 bits per heavy atom. The Morgan fingerprint density at radius 2 is 0.702 bits per heavy atom. The Kier molecular flexibility index (Phi) is 8.69. The summed E-state index contributed by atoms with van der Waals surface area (Å²) < 4.78 is 0. The van der Waals surface area contributed by atoms with Gasteiger partial charge in [-0.15, -0.1) is 0 Å². The molecule has 57 heavy (non-hydrogen) atoms. The molecule has 268 valence electrons. The molecular weight excluding hydrogens is 693 g/mol. The fraction of sp³-hybridized carbons (Fsp3) is 0.0189. The minimum atomic E-state index is 0.621. The monoisotopic (exact) mass is 728 g/mol. The molecule has 0 aliphatic heterocycles. The van der Waals surface area contributed by atoms with Crippen LogP contribution in [0.4, 0.5) is 0 Å². The van der Waals surface area contributed by atoms with Gasteiger partial charge in [-0.2, -0.15) is 0 Å². The minimum absolute atomic E-state index is 0.621. The molecule has 0 saturated heterocycles. The van der Waals surface area contributed by atoms with E-state index in [0.29, 0.717) is 17.5 Å². The summed E-state index contributed by atoms with van der Waals surface area (Å²) in [6, 6.07) is 68.4. The minimum Gasteiger partial charge on any atom is -0.261 e. The molecular formula is C53H36N4. The van der Waals surface area contributed by atoms with Crippen molar-refractivity contribution >= 4 is 21.5 Å². The van der Waals surface area contributed by atoms with E-state index in [9.17, 15) is 0 Å². The highest BCUT2D eigenvalue weighted by Crippen LogP contribution is 2.40. The van der Waals surface area contributed by atoms with Crippen molar-refractivity contribution in [1.82, 2.24) is 19.9 Å². The Balaban J connectivity index is 1.14. The van der Waals surface area contributed by atoms with Crippen molar-refractivity contribution in [3.8, 4) is 78.7 Å². The van der Waals surface area contributed by atoms with Crippen LogP contribution in [-0.2, 0) is 0 Å². The van der Waals surface area contributed by atoms with Gasteiger partial charge in [0.25, 0.3) is 0 Å². The molecule has 0 fully saturated rings. The van der Waals surface area contributed by atoms with Crippen LogP contribution in [0.1, 0.15) is 5.69 Å². The van der Waals surface area contributed by atoms with Gasteiger partial charge in [-0.3, -0.25) is 4.98 Å². The van der Waals surface area contributed by atoms with E-state index >= 15 is 0 Å². The number of nitrogens with zero attached hydrogens (tertiary/aromatic N) is 4. The number of hydrogen-bond acceptors (Lipinski definition) is 4. The normalized spacial score (nSPS) is 11.2. The first-order valence-corrected chi connectivity index (χ1v) is 19.2. The predicted molar refractivity (Wildman–Crippen MR) is 235 cm³/mol. The van der Waals surface area contributed by atoms with Crippen molar-refractivity contribution in [2.24, 2.45) is 0 Å². The lowest BCUT2D eigenvalue weighted by molar-refractivity contribution is 1.07. The molecule has 2 aromatic heterocycles. The molecule has 0 spiro atoms. The molecule has 0 amide bonds. The first-order valence-electron chi connectivity index (χ1n) is 19.2. The quantitative estimate of drug-likeness (QED) is 0.153. The van der Waals surface area contributed by atoms with Gasteiger partial charge in [0.2, 0.25) is 0 Å². The van der Waals surface area contributed by atoms with Gasteiger partial charge in [0, 0.05) is 34.1 Å². The van der Waals surface area contributed by atoms with Crippen LogP contribution in [-0.4, -0.2) is 19.9 Å². The number of aromatic nitrogens is 4. The highest BCUT2D eigenvalue weighted by atomic mass is 15.0. The summed E-state index contributed by atoms with van der Waals surface area (Å²) in [4.78, 5) is 19.8. The highest BCUT2D eigenvalue weighted by Gasteiger charge is 2.17. The van der Waals surface area contributed by atoms with Crippen molar-refractivity contribution in [2.75, 3.05) is 0 Å². The first-order chi connectivity index (χ1) is 28.1. The van der Waals surface area contributed by atoms with Crippen LogP contribution >= 0.6 is 0 Å². The molecule has 10 rings (SSSR count). The van der Waals surface area contributed by atoms with Crippen LogP contribution in [0.3, 0.4) is 0 Å². The maximum absolute atomic E-state index is 5.15. The fourth-order valence-electron chi connectivity index (χ4n) is 7.68. The molecule has 2 heterocycles. The van der Waals surface area contributed by atoms with Crippen LogP contribution in [0.5, 0.6) is 0 Å². The van der Waals surface area contributed by atoms with Gasteiger partial charge in [-0.05, 0) is 97.7 Å². The standard InChI is InChI=1S/C53H36N4/c1-35-20-21-44(34-54-35)38-26-22-36(23-27-38)37-24-28-39(29-25-37)45-31-46(50-48-18-10-8-16-42(48)30-43-17-9-11-19-49(43)50)33-47(32-45)53-56-51(40-12-4-2-5-13-40)55-52(57-53)41-14-6-3-7-15-41/h2-34H,1H3. The Hall–Kier alpha value is -7.56. The molecule has 0 atom stereocenters. The van der Waals surface area contributed by atoms with Gasteiger partial charge in [-0.25, -0.2) is 15.0 Å². The largest absolute Gasteiger partial charge is 0.261 e. The lowest BCUT2D eigenvalue weighted by Gasteiger charge is -2.16. The molecule has 0 aliphatic rings. The number of fused-ring (bicyclic) bond motifs is 2. The second kappa shape index (κ2) is 14.6. The van der Waals surface area contributed by atoms with E-state index in [2.05, 4.69) is 138 Å². The summed E-state index contributed by atoms with van der Waals surface area (Å²) >= 11 is 0. The predicted octanol–water partition coefficient (Wildman–Crippen LogP) is 13.6. The zero-order valence-corrected chi connectivity index (χ0v) is 31.3. The summed E-state index contributed by atoms with van der Waals surface area (Å²) in [6.45, 7) is 2.01. The van der Waals surface area contributed by atoms with E-state index in [-0.39, 0.29) is 0 Å². The molecule has 8 aromatic carbocycles. The lowest BCUT2D eigenvalue weighted by Crippen LogP contribution is -2.00. The second-order valence-corrected chi connectivity index (χ2v) is 14.4. The smallest absolute Gasteiger partial charge is 0.164 e. The average Bonchev–Trinajstić information content (AvgIpc) is 3.29. The van der Waals surface area contributed by atoms with Crippen LogP contribution < -0.4 is 0 Å². The second-order valence-electron chi connectivity index (χ2n) is 14.4. The zero-order valence-electron chi connectivity index (χ0n) is 31.3. The number of rotatable bonds is 7. The maximum Gasteiger partial charge on any atom is 0.164 e. The third kappa shape index (κ3) is 6.75. The van der Waals surface area contributed by atoms with E-state index in [1.54, 1.807) is 0 Å². The van der Waals surface area contributed by atoms with E-state index < -0.39 is 0 Å². The van der Waals surface area contributed by atoms with Crippen molar-refractivity contribution in [2.45, 2.75) is 6.92 Å². The maximum atomic E-state index is 5.15. The average molecular weight is 729 g/mol. The molecule has 10 aromatic rings. The van der Waals surface area contributed by atoms with Crippen molar-refractivity contribution in [3.05, 3.63) is 206 Å². The molecule has 0 aliphatic carbocycles. The van der Waals surface area contributed by atoms with Crippen LogP contribution in [0.2, 0.25) is 0 Å². The highest BCUT2D eigenvalue weighted by molar-refractivity contribution is 6.13. The van der Waals surface area contributed by atoms with Crippen molar-refractivity contribution < 1.29 is 0 Å². The molecule has 4 heteroatoms. The summed E-state index contributed by atoms with van der Waals surface area (Å²) in [5.41, 5.74) is 12.9. The molecule has 0 radical (unpaired) electrons. The Morgan fingerprint density at radius 3 is 1.21 bits per heavy atom. The van der Waals surface area contributed by atoms with E-state index in [4.69, 9.17) is 15.0 Å². The summed E-state index contributed by atoms with van der Waals surface area (Å²) in [6.07, 6.45) is 1.94. The summed E-state index contributed by atoms with van der Waals surface area (Å²) in [7, 11) is 0. The molecule has 0 saturated carbocycles. The van der Waals surface area contributed by atoms with Gasteiger partial charge in [0.05, 0.1) is 0 Å². The number of pyridine rings is 1. The van der Waals surface area contributed by atoms with E-state index in [0.717, 1.165) is 61.3 Å². The SMILES string of the molecule is Cc1ccc(-c2ccc(-c3ccc(-c4cc(-c5nc(-c6ccccc6)nc(-c6ccccc6)n5)cc(-c5c6ccccc6cc6ccccc56)c4)cc3)cc2)cn1. The van der Waals surface area contributed by atoms with Crippen LogP contribution in [0, 0.1) is 6.92 Å². The summed E-state index contributed by atoms with van der Waals surface area (Å²) in [5.74, 6) is 1.89. The Labute approximate surface area is 331 Å². The van der Waals surface area contributed by atoms with Gasteiger partial charge in [0.15, 0.2) is 17.5 Å². The molecule has 0 N–H and O–H groups in total. The van der Waals surface area contributed by atoms with Gasteiger partial charge < -0.3 is 0 Å². The number of benzene rings is 8. The number of hydrogen-bond donors (Lipinski definition) is 0. The topological polar surface area (TPSA) is 51.6 Å². The van der Waals surface area contributed by atoms with Crippen LogP contribution in [0.15, 0.2) is 200 Å². The molecule has 0 bridgehead atoms. The molecule has 4 nitrogen and oxygen atoms in total. The first kappa shape index (κ1) is 34.0. The number of aryl methyl sites for hydroxylation is 1. The van der Waals surface area contributed by atoms with Gasteiger partial charge in [0.1, 0.15) is 0 Å². The summed E-state index contributed by atoms with van der Waals surface area (Å²) in [5, 5.41) is 4.80. The van der Waals surface area contributed by atoms with E-state index in [1.807, 2.05) is 73.8 Å². The molecule has 0 unspecified atom stereocenters. The van der Waals surface area contributed by atoms with Gasteiger partial charge in [-0.1, -0.05) is 164 Å². The third-order valence-corrected chi connectivity index (χ3v) is 10.6. The van der Waals surface area contributed by atoms with Crippen LogP contribution in [0.25, 0.3) is 100 Å².